The normalized spacial score (nSPS) is 9.21. The number of rotatable bonds is 2. The van der Waals surface area contributed by atoms with E-state index in [-0.39, 0.29) is 17.9 Å². The topological polar surface area (TPSA) is 63.0 Å². The minimum absolute atomic E-state index is 0.172. The third-order valence-electron chi connectivity index (χ3n) is 1.49. The summed E-state index contributed by atoms with van der Waals surface area (Å²) >= 11 is 4.04. The van der Waals surface area contributed by atoms with Crippen molar-refractivity contribution in [3.8, 4) is 6.07 Å². The van der Waals surface area contributed by atoms with Crippen LogP contribution < -0.4 is 0 Å². The van der Waals surface area contributed by atoms with Crippen molar-refractivity contribution in [1.82, 2.24) is 4.98 Å². The maximum absolute atomic E-state index is 11.3. The van der Waals surface area contributed by atoms with Gasteiger partial charge in [-0.15, -0.1) is 12.6 Å². The fraction of sp³-hybridized carbons (Fsp3) is 0.222. The molecule has 0 radical (unpaired) electrons. The number of thiol groups is 1. The van der Waals surface area contributed by atoms with Gasteiger partial charge < -0.3 is 4.74 Å². The molecule has 0 aromatic carbocycles. The minimum atomic E-state index is -0.489. The maximum Gasteiger partial charge on any atom is 0.339 e. The smallest absolute Gasteiger partial charge is 0.339 e. The van der Waals surface area contributed by atoms with Gasteiger partial charge in [-0.3, -0.25) is 0 Å². The fourth-order valence-electron chi connectivity index (χ4n) is 0.882. The van der Waals surface area contributed by atoms with Gasteiger partial charge in [0.2, 0.25) is 0 Å². The molecule has 0 N–H and O–H groups in total. The molecule has 0 bridgehead atoms. The van der Waals surface area contributed by atoms with Crippen LogP contribution in [-0.4, -0.2) is 17.6 Å². The Kier molecular flexibility index (Phi) is 3.48. The molecular weight excluding hydrogens is 200 g/mol. The Balaban J connectivity index is 3.07. The van der Waals surface area contributed by atoms with Crippen LogP contribution in [0.5, 0.6) is 0 Å². The monoisotopic (exact) mass is 208 g/mol. The van der Waals surface area contributed by atoms with E-state index in [0.29, 0.717) is 4.90 Å². The third-order valence-corrected chi connectivity index (χ3v) is 1.85. The lowest BCUT2D eigenvalue weighted by molar-refractivity contribution is 0.0522. The van der Waals surface area contributed by atoms with Crippen LogP contribution in [0, 0.1) is 11.3 Å². The first-order chi connectivity index (χ1) is 6.69. The van der Waals surface area contributed by atoms with Crippen LogP contribution >= 0.6 is 12.6 Å². The van der Waals surface area contributed by atoms with Crippen molar-refractivity contribution < 1.29 is 9.53 Å². The van der Waals surface area contributed by atoms with Crippen molar-refractivity contribution >= 4 is 18.6 Å². The number of nitriles is 1. The molecule has 1 aromatic rings. The summed E-state index contributed by atoms with van der Waals surface area (Å²) in [5.74, 6) is -0.489. The molecule has 0 spiro atoms. The van der Waals surface area contributed by atoms with Gasteiger partial charge in [-0.05, 0) is 13.0 Å². The number of aromatic nitrogens is 1. The molecule has 0 saturated heterocycles. The zero-order valence-electron chi connectivity index (χ0n) is 7.52. The summed E-state index contributed by atoms with van der Waals surface area (Å²) in [6.07, 6.45) is 1.36. The molecular formula is C9H8N2O2S. The van der Waals surface area contributed by atoms with Crippen molar-refractivity contribution in [2.75, 3.05) is 6.61 Å². The summed E-state index contributed by atoms with van der Waals surface area (Å²) in [7, 11) is 0. The Morgan fingerprint density at radius 3 is 3.07 bits per heavy atom. The van der Waals surface area contributed by atoms with Gasteiger partial charge in [0.15, 0.2) is 0 Å². The lowest BCUT2D eigenvalue weighted by atomic mass is 10.2. The molecule has 0 aliphatic carbocycles. The van der Waals surface area contributed by atoms with E-state index in [1.54, 1.807) is 6.92 Å². The van der Waals surface area contributed by atoms with Crippen molar-refractivity contribution in [3.05, 3.63) is 23.5 Å². The van der Waals surface area contributed by atoms with Crippen molar-refractivity contribution in [1.29, 1.82) is 5.26 Å². The lowest BCUT2D eigenvalue weighted by Crippen LogP contribution is -2.06. The van der Waals surface area contributed by atoms with Gasteiger partial charge in [0.05, 0.1) is 12.2 Å². The average molecular weight is 208 g/mol. The van der Waals surface area contributed by atoms with E-state index < -0.39 is 5.97 Å². The number of ether oxygens (including phenoxy) is 1. The van der Waals surface area contributed by atoms with Gasteiger partial charge in [-0.1, -0.05) is 0 Å². The molecule has 0 unspecified atom stereocenters. The maximum atomic E-state index is 11.3. The van der Waals surface area contributed by atoms with E-state index in [1.807, 2.05) is 6.07 Å². The number of hydrogen-bond acceptors (Lipinski definition) is 5. The van der Waals surface area contributed by atoms with Gasteiger partial charge in [0, 0.05) is 11.1 Å². The van der Waals surface area contributed by atoms with E-state index in [1.165, 1.54) is 12.3 Å². The van der Waals surface area contributed by atoms with E-state index in [2.05, 4.69) is 17.6 Å². The van der Waals surface area contributed by atoms with Crippen molar-refractivity contribution in [2.45, 2.75) is 11.8 Å². The fourth-order valence-corrected chi connectivity index (χ4v) is 1.10. The third kappa shape index (κ3) is 2.24. The second-order valence-corrected chi connectivity index (χ2v) is 2.90. The number of carbonyl (C=O) groups excluding carboxylic acids is 1. The zero-order chi connectivity index (χ0) is 10.6. The quantitative estimate of drug-likeness (QED) is 0.589. The first kappa shape index (κ1) is 10.5. The highest BCUT2D eigenvalue weighted by atomic mass is 32.1. The average Bonchev–Trinajstić information content (AvgIpc) is 2.19. The Hall–Kier alpha value is -1.54. The first-order valence-electron chi connectivity index (χ1n) is 3.95. The second-order valence-electron chi connectivity index (χ2n) is 2.42. The van der Waals surface area contributed by atoms with Gasteiger partial charge in [0.25, 0.3) is 0 Å². The van der Waals surface area contributed by atoms with Gasteiger partial charge in [-0.25, -0.2) is 9.78 Å². The molecule has 4 nitrogen and oxygen atoms in total. The number of nitrogens with zero attached hydrogens (tertiary/aromatic N) is 2. The summed E-state index contributed by atoms with van der Waals surface area (Å²) in [4.78, 5) is 15.5. The number of hydrogen-bond donors (Lipinski definition) is 1. The second kappa shape index (κ2) is 4.63. The minimum Gasteiger partial charge on any atom is -0.462 e. The Morgan fingerprint density at radius 1 is 1.79 bits per heavy atom. The lowest BCUT2D eigenvalue weighted by Gasteiger charge is -2.03. The van der Waals surface area contributed by atoms with Crippen LogP contribution in [0.1, 0.15) is 23.0 Å². The van der Waals surface area contributed by atoms with Crippen LogP contribution in [0.4, 0.5) is 0 Å². The van der Waals surface area contributed by atoms with E-state index in [4.69, 9.17) is 10.00 Å². The SMILES string of the molecule is CCOC(=O)c1cc(C#N)ncc1S. The summed E-state index contributed by atoms with van der Waals surface area (Å²) < 4.78 is 4.78. The van der Waals surface area contributed by atoms with Gasteiger partial charge in [0.1, 0.15) is 11.8 Å². The van der Waals surface area contributed by atoms with E-state index >= 15 is 0 Å². The van der Waals surface area contributed by atoms with Crippen molar-refractivity contribution in [2.24, 2.45) is 0 Å². The first-order valence-corrected chi connectivity index (χ1v) is 4.40. The molecule has 0 saturated carbocycles. The summed E-state index contributed by atoms with van der Waals surface area (Å²) in [5, 5.41) is 8.58. The Bertz CT molecular complexity index is 398. The largest absolute Gasteiger partial charge is 0.462 e. The predicted octanol–water partition coefficient (Wildman–Crippen LogP) is 1.42. The van der Waals surface area contributed by atoms with E-state index in [9.17, 15) is 4.79 Å². The summed E-state index contributed by atoms with van der Waals surface area (Å²) in [6, 6.07) is 3.20. The summed E-state index contributed by atoms with van der Waals surface area (Å²) in [5.41, 5.74) is 0.438. The van der Waals surface area contributed by atoms with Crippen LogP contribution in [0.2, 0.25) is 0 Å². The number of esters is 1. The standard InChI is InChI=1S/C9H8N2O2S/c1-2-13-9(12)7-3-6(4-10)11-5-8(7)14/h3,5,14H,2H2,1H3. The zero-order valence-corrected chi connectivity index (χ0v) is 8.41. The molecule has 0 atom stereocenters. The Morgan fingerprint density at radius 2 is 2.50 bits per heavy atom. The van der Waals surface area contributed by atoms with Crippen LogP contribution in [0.25, 0.3) is 0 Å². The molecule has 0 aliphatic heterocycles. The molecule has 1 rings (SSSR count). The molecule has 0 fully saturated rings. The van der Waals surface area contributed by atoms with E-state index in [0.717, 1.165) is 0 Å². The highest BCUT2D eigenvalue weighted by Gasteiger charge is 2.11. The number of carbonyl (C=O) groups is 1. The van der Waals surface area contributed by atoms with Gasteiger partial charge >= 0.3 is 5.97 Å². The highest BCUT2D eigenvalue weighted by molar-refractivity contribution is 7.80. The van der Waals surface area contributed by atoms with Crippen LogP contribution in [-0.2, 0) is 4.74 Å². The molecule has 1 aromatic heterocycles. The molecule has 14 heavy (non-hydrogen) atoms. The summed E-state index contributed by atoms with van der Waals surface area (Å²) in [6.45, 7) is 2.00. The van der Waals surface area contributed by atoms with Crippen LogP contribution in [0.15, 0.2) is 17.2 Å². The highest BCUT2D eigenvalue weighted by Crippen LogP contribution is 2.14. The molecule has 1 heterocycles. The molecule has 0 amide bonds. The molecule has 72 valence electrons. The van der Waals surface area contributed by atoms with Crippen LogP contribution in [0.3, 0.4) is 0 Å². The Labute approximate surface area is 86.9 Å². The van der Waals surface area contributed by atoms with Gasteiger partial charge in [-0.2, -0.15) is 5.26 Å². The number of pyridine rings is 1. The molecule has 0 aliphatic rings. The molecule has 5 heteroatoms. The van der Waals surface area contributed by atoms with Crippen molar-refractivity contribution in [3.63, 3.8) is 0 Å². The predicted molar refractivity (Wildman–Crippen MR) is 52.2 cm³/mol.